The topological polar surface area (TPSA) is 108 Å². The van der Waals surface area contributed by atoms with E-state index < -0.39 is 0 Å². The Hall–Kier alpha value is -2.97. The van der Waals surface area contributed by atoms with Crippen molar-refractivity contribution >= 4 is 17.0 Å². The Bertz CT molecular complexity index is 752. The van der Waals surface area contributed by atoms with Crippen LogP contribution >= 0.6 is 0 Å². The van der Waals surface area contributed by atoms with E-state index in [2.05, 4.69) is 25.8 Å². The van der Waals surface area contributed by atoms with E-state index in [1.165, 1.54) is 11.0 Å². The molecule has 1 amide bonds. The average molecular weight is 288 g/mol. The third-order valence-corrected chi connectivity index (χ3v) is 2.77. The highest BCUT2D eigenvalue weighted by Gasteiger charge is 2.09. The molecule has 0 aliphatic rings. The lowest BCUT2D eigenvalue weighted by Gasteiger charge is -2.01. The van der Waals surface area contributed by atoms with Gasteiger partial charge in [0.2, 0.25) is 11.8 Å². The van der Waals surface area contributed by atoms with Crippen LogP contribution in [0.5, 0.6) is 5.75 Å². The molecule has 9 heteroatoms. The van der Waals surface area contributed by atoms with Crippen molar-refractivity contribution in [3.05, 3.63) is 30.4 Å². The molecule has 9 nitrogen and oxygen atoms in total. The fourth-order valence-electron chi connectivity index (χ4n) is 1.79. The number of tetrazole rings is 1. The molecule has 0 saturated carbocycles. The van der Waals surface area contributed by atoms with Crippen LogP contribution < -0.4 is 10.1 Å². The number of carbonyl (C=O) groups excluding carboxylic acids is 1. The van der Waals surface area contributed by atoms with Crippen molar-refractivity contribution in [1.29, 1.82) is 0 Å². The molecule has 1 N–H and O–H groups in total. The second-order valence-corrected chi connectivity index (χ2v) is 4.23. The predicted molar refractivity (Wildman–Crippen MR) is 70.2 cm³/mol. The summed E-state index contributed by atoms with van der Waals surface area (Å²) in [5.74, 6) is 0.885. The minimum atomic E-state index is -0.234. The van der Waals surface area contributed by atoms with Gasteiger partial charge in [-0.15, -0.1) is 5.10 Å². The number of benzene rings is 1. The number of hydrogen-bond donors (Lipinski definition) is 1. The summed E-state index contributed by atoms with van der Waals surface area (Å²) in [6.07, 6.45) is 1.37. The molecule has 2 aromatic heterocycles. The summed E-state index contributed by atoms with van der Waals surface area (Å²) in [5, 5.41) is 13.2. The SMILES string of the molecule is COc1ccc2oc(CNC(=O)Cn3cnnn3)nc2c1. The lowest BCUT2D eigenvalue weighted by Crippen LogP contribution is -2.27. The molecule has 0 saturated heterocycles. The van der Waals surface area contributed by atoms with Gasteiger partial charge in [0.15, 0.2) is 5.58 Å². The van der Waals surface area contributed by atoms with Crippen molar-refractivity contribution in [3.8, 4) is 5.75 Å². The molecular weight excluding hydrogens is 276 g/mol. The summed E-state index contributed by atoms with van der Waals surface area (Å²) in [6.45, 7) is 0.235. The fourth-order valence-corrected chi connectivity index (χ4v) is 1.79. The first-order valence-electron chi connectivity index (χ1n) is 6.15. The van der Waals surface area contributed by atoms with Gasteiger partial charge in [0.05, 0.1) is 13.7 Å². The van der Waals surface area contributed by atoms with Crippen LogP contribution in [0.4, 0.5) is 0 Å². The number of carbonyl (C=O) groups is 1. The molecule has 0 unspecified atom stereocenters. The van der Waals surface area contributed by atoms with E-state index in [1.54, 1.807) is 25.3 Å². The number of amides is 1. The Morgan fingerprint density at radius 3 is 3.14 bits per heavy atom. The Morgan fingerprint density at radius 1 is 1.48 bits per heavy atom. The van der Waals surface area contributed by atoms with E-state index in [-0.39, 0.29) is 19.0 Å². The van der Waals surface area contributed by atoms with Crippen LogP contribution in [-0.4, -0.2) is 38.2 Å². The summed E-state index contributed by atoms with van der Waals surface area (Å²) >= 11 is 0. The molecule has 3 aromatic rings. The van der Waals surface area contributed by atoms with Gasteiger partial charge in [0.1, 0.15) is 24.1 Å². The van der Waals surface area contributed by atoms with Crippen molar-refractivity contribution in [2.75, 3.05) is 7.11 Å². The third-order valence-electron chi connectivity index (χ3n) is 2.77. The van der Waals surface area contributed by atoms with Crippen LogP contribution in [0.1, 0.15) is 5.89 Å². The number of nitrogens with one attached hydrogen (secondary N) is 1. The van der Waals surface area contributed by atoms with Gasteiger partial charge in [0, 0.05) is 6.07 Å². The van der Waals surface area contributed by atoms with Crippen molar-refractivity contribution < 1.29 is 13.9 Å². The van der Waals surface area contributed by atoms with Gasteiger partial charge in [0.25, 0.3) is 0 Å². The standard InChI is InChI=1S/C12H12N6O3/c1-20-8-2-3-10-9(4-8)15-12(21-10)5-13-11(19)6-18-7-14-16-17-18/h2-4,7H,5-6H2,1H3,(H,13,19). The minimum absolute atomic E-state index is 0.0427. The second-order valence-electron chi connectivity index (χ2n) is 4.23. The molecule has 0 spiro atoms. The zero-order valence-electron chi connectivity index (χ0n) is 11.2. The summed E-state index contributed by atoms with van der Waals surface area (Å²) in [7, 11) is 1.58. The number of ether oxygens (including phenoxy) is 1. The highest BCUT2D eigenvalue weighted by molar-refractivity contribution is 5.76. The molecule has 0 atom stereocenters. The van der Waals surface area contributed by atoms with Crippen molar-refractivity contribution in [3.63, 3.8) is 0 Å². The Labute approximate surface area is 118 Å². The molecule has 0 bridgehead atoms. The van der Waals surface area contributed by atoms with Crippen molar-refractivity contribution in [2.45, 2.75) is 13.1 Å². The van der Waals surface area contributed by atoms with Gasteiger partial charge in [-0.1, -0.05) is 0 Å². The van der Waals surface area contributed by atoms with E-state index in [4.69, 9.17) is 9.15 Å². The number of methoxy groups -OCH3 is 1. The first-order valence-corrected chi connectivity index (χ1v) is 6.15. The van der Waals surface area contributed by atoms with Crippen LogP contribution in [0, 0.1) is 0 Å². The minimum Gasteiger partial charge on any atom is -0.497 e. The third kappa shape index (κ3) is 2.96. The fraction of sp³-hybridized carbons (Fsp3) is 0.250. The summed E-state index contributed by atoms with van der Waals surface area (Å²) in [4.78, 5) is 16.0. The Kier molecular flexibility index (Phi) is 3.46. The first-order chi connectivity index (χ1) is 10.2. The lowest BCUT2D eigenvalue weighted by molar-refractivity contribution is -0.122. The van der Waals surface area contributed by atoms with Crippen molar-refractivity contribution in [1.82, 2.24) is 30.5 Å². The monoisotopic (exact) mass is 288 g/mol. The number of hydrogen-bond acceptors (Lipinski definition) is 7. The van der Waals surface area contributed by atoms with Gasteiger partial charge >= 0.3 is 0 Å². The molecule has 21 heavy (non-hydrogen) atoms. The van der Waals surface area contributed by atoms with Crippen molar-refractivity contribution in [2.24, 2.45) is 0 Å². The maximum Gasteiger partial charge on any atom is 0.242 e. The Balaban J connectivity index is 1.63. The maximum atomic E-state index is 11.7. The van der Waals surface area contributed by atoms with Crippen LogP contribution in [0.15, 0.2) is 28.9 Å². The van der Waals surface area contributed by atoms with Gasteiger partial charge in [-0.2, -0.15) is 0 Å². The van der Waals surface area contributed by atoms with E-state index in [9.17, 15) is 4.79 Å². The summed E-state index contributed by atoms with van der Waals surface area (Å²) < 4.78 is 12.0. The quantitative estimate of drug-likeness (QED) is 0.711. The van der Waals surface area contributed by atoms with Crippen LogP contribution in [0.3, 0.4) is 0 Å². The maximum absolute atomic E-state index is 11.7. The first kappa shape index (κ1) is 13.0. The number of fused-ring (bicyclic) bond motifs is 1. The molecule has 0 radical (unpaired) electrons. The summed E-state index contributed by atoms with van der Waals surface area (Å²) in [5.41, 5.74) is 1.32. The highest BCUT2D eigenvalue weighted by atomic mass is 16.5. The lowest BCUT2D eigenvalue weighted by atomic mass is 10.3. The smallest absolute Gasteiger partial charge is 0.242 e. The molecule has 3 rings (SSSR count). The molecule has 0 aliphatic carbocycles. The molecule has 0 fully saturated rings. The van der Waals surface area contributed by atoms with Crippen LogP contribution in [0.2, 0.25) is 0 Å². The zero-order valence-corrected chi connectivity index (χ0v) is 11.2. The normalized spacial score (nSPS) is 10.7. The molecule has 1 aromatic carbocycles. The van der Waals surface area contributed by atoms with Crippen LogP contribution in [0.25, 0.3) is 11.1 Å². The van der Waals surface area contributed by atoms with Gasteiger partial charge in [-0.05, 0) is 22.6 Å². The average Bonchev–Trinajstić information content (AvgIpc) is 3.12. The molecule has 108 valence electrons. The molecule has 2 heterocycles. The highest BCUT2D eigenvalue weighted by Crippen LogP contribution is 2.21. The summed E-state index contributed by atoms with van der Waals surface area (Å²) in [6, 6.07) is 5.33. The predicted octanol–water partition coefficient (Wildman–Crippen LogP) is 0.139. The van der Waals surface area contributed by atoms with Crippen LogP contribution in [-0.2, 0) is 17.9 Å². The van der Waals surface area contributed by atoms with Gasteiger partial charge in [-0.3, -0.25) is 4.79 Å². The number of nitrogens with zero attached hydrogens (tertiary/aromatic N) is 5. The molecular formula is C12H12N6O3. The number of aromatic nitrogens is 5. The largest absolute Gasteiger partial charge is 0.497 e. The number of oxazole rings is 1. The second kappa shape index (κ2) is 5.57. The Morgan fingerprint density at radius 2 is 2.38 bits per heavy atom. The van der Waals surface area contributed by atoms with E-state index in [0.717, 1.165) is 0 Å². The molecule has 0 aliphatic heterocycles. The van der Waals surface area contributed by atoms with Gasteiger partial charge < -0.3 is 14.5 Å². The number of rotatable bonds is 5. The van der Waals surface area contributed by atoms with E-state index in [1.807, 2.05) is 0 Å². The zero-order chi connectivity index (χ0) is 14.7. The van der Waals surface area contributed by atoms with E-state index in [0.29, 0.717) is 22.7 Å². The van der Waals surface area contributed by atoms with Gasteiger partial charge in [-0.25, -0.2) is 9.67 Å². The van der Waals surface area contributed by atoms with E-state index >= 15 is 0 Å².